The molecule has 0 radical (unpaired) electrons. The Morgan fingerprint density at radius 1 is 0.957 bits per heavy atom. The molecule has 0 aliphatic carbocycles. The molecule has 2 aromatic carbocycles. The maximum absolute atomic E-state index is 13.4. The van der Waals surface area contributed by atoms with E-state index >= 15 is 0 Å². The first kappa shape index (κ1) is 16.9. The molecule has 0 aliphatic heterocycles. The van der Waals surface area contributed by atoms with Crippen LogP contribution in [0, 0.1) is 17.5 Å². The van der Waals surface area contributed by atoms with Crippen molar-refractivity contribution >= 4 is 11.6 Å². The molecule has 0 fully saturated rings. The van der Waals surface area contributed by atoms with Gasteiger partial charge >= 0.3 is 0 Å². The molecule has 0 unspecified atom stereocenters. The summed E-state index contributed by atoms with van der Waals surface area (Å²) in [7, 11) is 0. The molecule has 0 atom stereocenters. The third kappa shape index (κ3) is 5.32. The van der Waals surface area contributed by atoms with Crippen molar-refractivity contribution in [2.45, 2.75) is 12.8 Å². The summed E-state index contributed by atoms with van der Waals surface area (Å²) < 4.78 is 39.5. The summed E-state index contributed by atoms with van der Waals surface area (Å²) in [5.41, 5.74) is 0.685. The van der Waals surface area contributed by atoms with Crippen LogP contribution >= 0.6 is 0 Å². The van der Waals surface area contributed by atoms with Crippen LogP contribution in [-0.4, -0.2) is 19.0 Å². The van der Waals surface area contributed by atoms with Crippen molar-refractivity contribution in [3.8, 4) is 0 Å². The summed E-state index contributed by atoms with van der Waals surface area (Å²) in [5.74, 6) is -1.88. The Labute approximate surface area is 132 Å². The van der Waals surface area contributed by atoms with E-state index in [9.17, 15) is 18.0 Å². The number of amides is 1. The predicted octanol–water partition coefficient (Wildman–Crippen LogP) is 3.26. The zero-order valence-electron chi connectivity index (χ0n) is 12.4. The highest BCUT2D eigenvalue weighted by Crippen LogP contribution is 2.14. The number of hydrogen-bond donors (Lipinski definition) is 2. The standard InChI is InChI=1S/C17H17F3N2O/c18-13-5-6-16(15(20)11-13)21-10-8-17(23)22-9-7-12-3-1-2-4-14(12)19/h1-6,11,21H,7-10H2,(H,22,23). The molecule has 2 aromatic rings. The van der Waals surface area contributed by atoms with E-state index < -0.39 is 11.6 Å². The zero-order chi connectivity index (χ0) is 16.7. The molecule has 0 aromatic heterocycles. The average molecular weight is 322 g/mol. The lowest BCUT2D eigenvalue weighted by molar-refractivity contribution is -0.120. The van der Waals surface area contributed by atoms with Crippen LogP contribution < -0.4 is 10.6 Å². The maximum Gasteiger partial charge on any atom is 0.221 e. The average Bonchev–Trinajstić information content (AvgIpc) is 2.51. The van der Waals surface area contributed by atoms with E-state index in [4.69, 9.17) is 0 Å². The fraction of sp³-hybridized carbons (Fsp3) is 0.235. The number of carbonyl (C=O) groups is 1. The molecule has 3 nitrogen and oxygen atoms in total. The Morgan fingerprint density at radius 2 is 1.74 bits per heavy atom. The number of anilines is 1. The number of nitrogens with one attached hydrogen (secondary N) is 2. The van der Waals surface area contributed by atoms with E-state index in [2.05, 4.69) is 10.6 Å². The largest absolute Gasteiger partial charge is 0.382 e. The van der Waals surface area contributed by atoms with Gasteiger partial charge in [-0.3, -0.25) is 4.79 Å². The minimum absolute atomic E-state index is 0.133. The van der Waals surface area contributed by atoms with Crippen LogP contribution in [0.2, 0.25) is 0 Å². The van der Waals surface area contributed by atoms with Gasteiger partial charge in [-0.1, -0.05) is 18.2 Å². The highest BCUT2D eigenvalue weighted by atomic mass is 19.1. The monoisotopic (exact) mass is 322 g/mol. The Balaban J connectivity index is 1.68. The van der Waals surface area contributed by atoms with Gasteiger partial charge in [0.25, 0.3) is 0 Å². The van der Waals surface area contributed by atoms with Gasteiger partial charge in [0.2, 0.25) is 5.91 Å². The number of hydrogen-bond acceptors (Lipinski definition) is 2. The van der Waals surface area contributed by atoms with E-state index in [-0.39, 0.29) is 30.4 Å². The van der Waals surface area contributed by atoms with Gasteiger partial charge < -0.3 is 10.6 Å². The molecule has 0 aliphatic rings. The lowest BCUT2D eigenvalue weighted by Crippen LogP contribution is -2.27. The first-order valence-corrected chi connectivity index (χ1v) is 7.25. The van der Waals surface area contributed by atoms with Gasteiger partial charge in [-0.25, -0.2) is 13.2 Å². The molecule has 0 saturated heterocycles. The van der Waals surface area contributed by atoms with E-state index in [0.29, 0.717) is 18.5 Å². The number of carbonyl (C=O) groups excluding carboxylic acids is 1. The quantitative estimate of drug-likeness (QED) is 0.821. The lowest BCUT2D eigenvalue weighted by Gasteiger charge is -2.08. The Kier molecular flexibility index (Phi) is 6.02. The fourth-order valence-corrected chi connectivity index (χ4v) is 2.07. The highest BCUT2D eigenvalue weighted by molar-refractivity contribution is 5.76. The second-order valence-electron chi connectivity index (χ2n) is 4.99. The SMILES string of the molecule is O=C(CCNc1ccc(F)cc1F)NCCc1ccccc1F. The Bertz CT molecular complexity index is 677. The molecular weight excluding hydrogens is 305 g/mol. The first-order chi connectivity index (χ1) is 11.1. The second-order valence-corrected chi connectivity index (χ2v) is 4.99. The van der Waals surface area contributed by atoms with Gasteiger partial charge in [-0.05, 0) is 30.2 Å². The maximum atomic E-state index is 13.4. The topological polar surface area (TPSA) is 41.1 Å². The second kappa shape index (κ2) is 8.22. The van der Waals surface area contributed by atoms with Crippen LogP contribution in [0.25, 0.3) is 0 Å². The summed E-state index contributed by atoms with van der Waals surface area (Å²) in [5, 5.41) is 5.39. The summed E-state index contributed by atoms with van der Waals surface area (Å²) in [6.07, 6.45) is 0.534. The van der Waals surface area contributed by atoms with Crippen molar-refractivity contribution in [2.24, 2.45) is 0 Å². The van der Waals surface area contributed by atoms with Gasteiger partial charge in [0.15, 0.2) is 0 Å². The van der Waals surface area contributed by atoms with Crippen LogP contribution in [-0.2, 0) is 11.2 Å². The van der Waals surface area contributed by atoms with Gasteiger partial charge in [-0.2, -0.15) is 0 Å². The first-order valence-electron chi connectivity index (χ1n) is 7.25. The van der Waals surface area contributed by atoms with Gasteiger partial charge in [0.05, 0.1) is 5.69 Å². The van der Waals surface area contributed by atoms with Crippen LogP contribution in [0.4, 0.5) is 18.9 Å². The number of benzene rings is 2. The number of halogens is 3. The molecule has 0 spiro atoms. The molecular formula is C17H17F3N2O. The van der Waals surface area contributed by atoms with Crippen LogP contribution in [0.1, 0.15) is 12.0 Å². The van der Waals surface area contributed by atoms with Crippen LogP contribution in [0.5, 0.6) is 0 Å². The van der Waals surface area contributed by atoms with Gasteiger partial charge in [0.1, 0.15) is 17.5 Å². The predicted molar refractivity (Wildman–Crippen MR) is 82.6 cm³/mol. The minimum Gasteiger partial charge on any atom is -0.382 e. The third-order valence-electron chi connectivity index (χ3n) is 3.27. The van der Waals surface area contributed by atoms with Gasteiger partial charge in [0, 0.05) is 25.6 Å². The molecule has 2 rings (SSSR count). The molecule has 0 saturated carbocycles. The molecule has 1 amide bonds. The molecule has 122 valence electrons. The zero-order valence-corrected chi connectivity index (χ0v) is 12.4. The van der Waals surface area contributed by atoms with Crippen molar-refractivity contribution in [1.29, 1.82) is 0 Å². The summed E-state index contributed by atoms with van der Waals surface area (Å²) in [4.78, 5) is 11.6. The molecule has 0 bridgehead atoms. The van der Waals surface area contributed by atoms with Crippen LogP contribution in [0.15, 0.2) is 42.5 Å². The van der Waals surface area contributed by atoms with Crippen molar-refractivity contribution < 1.29 is 18.0 Å². The van der Waals surface area contributed by atoms with Crippen LogP contribution in [0.3, 0.4) is 0 Å². The summed E-state index contributed by atoms with van der Waals surface area (Å²) >= 11 is 0. The summed E-state index contributed by atoms with van der Waals surface area (Å²) in [6, 6.07) is 9.58. The lowest BCUT2D eigenvalue weighted by atomic mass is 10.1. The van der Waals surface area contributed by atoms with E-state index in [0.717, 1.165) is 12.1 Å². The summed E-state index contributed by atoms with van der Waals surface area (Å²) in [6.45, 7) is 0.540. The van der Waals surface area contributed by atoms with E-state index in [1.807, 2.05) is 0 Å². The normalized spacial score (nSPS) is 10.4. The van der Waals surface area contributed by atoms with Crippen molar-refractivity contribution in [3.05, 3.63) is 65.5 Å². The molecule has 0 heterocycles. The number of rotatable bonds is 7. The Morgan fingerprint density at radius 3 is 2.48 bits per heavy atom. The van der Waals surface area contributed by atoms with Gasteiger partial charge in [-0.15, -0.1) is 0 Å². The molecule has 2 N–H and O–H groups in total. The fourth-order valence-electron chi connectivity index (χ4n) is 2.07. The Hall–Kier alpha value is -2.50. The van der Waals surface area contributed by atoms with Crippen molar-refractivity contribution in [2.75, 3.05) is 18.4 Å². The minimum atomic E-state index is -0.704. The third-order valence-corrected chi connectivity index (χ3v) is 3.27. The molecule has 23 heavy (non-hydrogen) atoms. The van der Waals surface area contributed by atoms with E-state index in [1.165, 1.54) is 12.1 Å². The molecule has 6 heteroatoms. The van der Waals surface area contributed by atoms with Crippen molar-refractivity contribution in [1.82, 2.24) is 5.32 Å². The van der Waals surface area contributed by atoms with Crippen molar-refractivity contribution in [3.63, 3.8) is 0 Å². The van der Waals surface area contributed by atoms with E-state index in [1.54, 1.807) is 18.2 Å². The highest BCUT2D eigenvalue weighted by Gasteiger charge is 2.06. The smallest absolute Gasteiger partial charge is 0.221 e.